The predicted octanol–water partition coefficient (Wildman–Crippen LogP) is 4.72. The quantitative estimate of drug-likeness (QED) is 0.357. The molecule has 1 amide bonds. The van der Waals surface area contributed by atoms with Crippen molar-refractivity contribution in [3.8, 4) is 11.9 Å². The summed E-state index contributed by atoms with van der Waals surface area (Å²) in [7, 11) is 0. The Labute approximate surface area is 187 Å². The first-order valence-corrected chi connectivity index (χ1v) is 9.78. The van der Waals surface area contributed by atoms with Gasteiger partial charge in [0.2, 0.25) is 0 Å². The summed E-state index contributed by atoms with van der Waals surface area (Å²) in [5.74, 6) is -0.225. The van der Waals surface area contributed by atoms with Crippen LogP contribution in [0.25, 0.3) is 16.7 Å². The number of nitro groups is 1. The molecule has 0 saturated heterocycles. The van der Waals surface area contributed by atoms with Gasteiger partial charge in [0.25, 0.3) is 11.6 Å². The van der Waals surface area contributed by atoms with E-state index in [4.69, 9.17) is 11.6 Å². The number of aromatic nitrogens is 3. The number of benzene rings is 2. The summed E-state index contributed by atoms with van der Waals surface area (Å²) in [5.41, 5.74) is 2.41. The molecule has 0 bridgehead atoms. The molecule has 158 valence electrons. The van der Waals surface area contributed by atoms with E-state index in [1.165, 1.54) is 23.0 Å². The topological polar surface area (TPSA) is 127 Å². The van der Waals surface area contributed by atoms with Crippen LogP contribution in [0.15, 0.2) is 48.7 Å². The van der Waals surface area contributed by atoms with Crippen molar-refractivity contribution in [1.82, 2.24) is 14.8 Å². The molecule has 0 unspecified atom stereocenters. The third kappa shape index (κ3) is 3.64. The van der Waals surface area contributed by atoms with Crippen molar-refractivity contribution in [2.75, 3.05) is 5.32 Å². The maximum atomic E-state index is 12.9. The van der Waals surface area contributed by atoms with E-state index >= 15 is 0 Å². The highest BCUT2D eigenvalue weighted by atomic mass is 35.5. The molecule has 10 heteroatoms. The van der Waals surface area contributed by atoms with Crippen molar-refractivity contribution in [1.29, 1.82) is 5.26 Å². The zero-order chi connectivity index (χ0) is 23.0. The molecule has 0 fully saturated rings. The van der Waals surface area contributed by atoms with Crippen molar-refractivity contribution in [2.45, 2.75) is 13.8 Å². The zero-order valence-electron chi connectivity index (χ0n) is 17.0. The van der Waals surface area contributed by atoms with Crippen molar-refractivity contribution >= 4 is 39.9 Å². The SMILES string of the molecule is Cc1cc(-n2ncc(C#N)c2NC(=O)c2cc([N+](=O)[O-])ccc2Cl)nc2c(C)cccc12. The summed E-state index contributed by atoms with van der Waals surface area (Å²) in [6.45, 7) is 3.87. The first-order valence-electron chi connectivity index (χ1n) is 9.41. The first-order chi connectivity index (χ1) is 15.3. The molecule has 0 spiro atoms. The largest absolute Gasteiger partial charge is 0.305 e. The molecule has 0 aliphatic heterocycles. The molecule has 0 aliphatic carbocycles. The normalized spacial score (nSPS) is 10.7. The van der Waals surface area contributed by atoms with Crippen LogP contribution in [0.5, 0.6) is 0 Å². The second-order valence-electron chi connectivity index (χ2n) is 7.07. The highest BCUT2D eigenvalue weighted by Gasteiger charge is 2.21. The van der Waals surface area contributed by atoms with Gasteiger partial charge in [0.1, 0.15) is 11.6 Å². The number of carbonyl (C=O) groups excluding carboxylic acids is 1. The van der Waals surface area contributed by atoms with Gasteiger partial charge in [-0.2, -0.15) is 15.0 Å². The molecular formula is C22H15ClN6O3. The average Bonchev–Trinajstić information content (AvgIpc) is 3.17. The molecule has 2 aromatic carbocycles. The smallest absolute Gasteiger partial charge is 0.270 e. The van der Waals surface area contributed by atoms with Crippen molar-refractivity contribution in [3.05, 3.63) is 86.1 Å². The number of amides is 1. The average molecular weight is 447 g/mol. The standard InChI is InChI=1S/C22H15ClN6O3/c1-12-4-3-5-16-13(2)8-19(26-20(12)16)28-21(14(10-24)11-25-28)27-22(30)17-9-15(29(31)32)6-7-18(17)23/h3-9,11H,1-2H3,(H,27,30). The number of hydrogen-bond acceptors (Lipinski definition) is 6. The summed E-state index contributed by atoms with van der Waals surface area (Å²) in [4.78, 5) is 28.0. The van der Waals surface area contributed by atoms with Crippen LogP contribution in [0.3, 0.4) is 0 Å². The summed E-state index contributed by atoms with van der Waals surface area (Å²) >= 11 is 6.09. The minimum Gasteiger partial charge on any atom is -0.305 e. The number of para-hydroxylation sites is 1. The van der Waals surface area contributed by atoms with Gasteiger partial charge in [-0.3, -0.25) is 14.9 Å². The van der Waals surface area contributed by atoms with E-state index in [0.29, 0.717) is 5.82 Å². The minimum absolute atomic E-state index is 0.0352. The zero-order valence-corrected chi connectivity index (χ0v) is 17.7. The van der Waals surface area contributed by atoms with E-state index in [1.54, 1.807) is 6.07 Å². The fraction of sp³-hybridized carbons (Fsp3) is 0.0909. The van der Waals surface area contributed by atoms with E-state index in [9.17, 15) is 20.2 Å². The molecule has 32 heavy (non-hydrogen) atoms. The molecule has 0 radical (unpaired) electrons. The Kier molecular flexibility index (Phi) is 5.30. The summed E-state index contributed by atoms with van der Waals surface area (Å²) in [6.07, 6.45) is 1.31. The maximum Gasteiger partial charge on any atom is 0.270 e. The van der Waals surface area contributed by atoms with Crippen LogP contribution in [0.2, 0.25) is 5.02 Å². The van der Waals surface area contributed by atoms with Crippen LogP contribution in [0.4, 0.5) is 11.5 Å². The Morgan fingerprint density at radius 2 is 2.00 bits per heavy atom. The van der Waals surface area contributed by atoms with E-state index in [-0.39, 0.29) is 27.7 Å². The van der Waals surface area contributed by atoms with E-state index in [1.807, 2.05) is 38.1 Å². The van der Waals surface area contributed by atoms with Gasteiger partial charge in [0.05, 0.1) is 27.2 Å². The van der Waals surface area contributed by atoms with Crippen LogP contribution >= 0.6 is 11.6 Å². The molecule has 9 nitrogen and oxygen atoms in total. The lowest BCUT2D eigenvalue weighted by Gasteiger charge is -2.12. The van der Waals surface area contributed by atoms with Gasteiger partial charge in [-0.15, -0.1) is 0 Å². The minimum atomic E-state index is -0.717. The van der Waals surface area contributed by atoms with Gasteiger partial charge in [-0.1, -0.05) is 29.8 Å². The van der Waals surface area contributed by atoms with Crippen molar-refractivity contribution in [3.63, 3.8) is 0 Å². The first kappa shape index (κ1) is 21.0. The molecule has 4 rings (SSSR count). The molecule has 0 saturated carbocycles. The number of halogens is 1. The van der Waals surface area contributed by atoms with Gasteiger partial charge < -0.3 is 5.32 Å². The van der Waals surface area contributed by atoms with E-state index in [2.05, 4.69) is 15.4 Å². The number of anilines is 1. The van der Waals surface area contributed by atoms with Crippen LogP contribution in [-0.4, -0.2) is 25.6 Å². The maximum absolute atomic E-state index is 12.9. The predicted molar refractivity (Wildman–Crippen MR) is 119 cm³/mol. The molecule has 2 aromatic heterocycles. The van der Waals surface area contributed by atoms with Crippen LogP contribution in [-0.2, 0) is 0 Å². The van der Waals surface area contributed by atoms with Gasteiger partial charge >= 0.3 is 0 Å². The number of pyridine rings is 1. The molecular weight excluding hydrogens is 432 g/mol. The van der Waals surface area contributed by atoms with E-state index < -0.39 is 10.8 Å². The number of fused-ring (bicyclic) bond motifs is 1. The highest BCUT2D eigenvalue weighted by molar-refractivity contribution is 6.34. The third-order valence-electron chi connectivity index (χ3n) is 4.98. The van der Waals surface area contributed by atoms with Gasteiger partial charge in [-0.25, -0.2) is 4.98 Å². The second kappa shape index (κ2) is 8.09. The number of nitrogens with one attached hydrogen (secondary N) is 1. The summed E-state index contributed by atoms with van der Waals surface area (Å²) in [5, 5.41) is 28.4. The van der Waals surface area contributed by atoms with Gasteiger partial charge in [-0.05, 0) is 37.1 Å². The summed E-state index contributed by atoms with van der Waals surface area (Å²) < 4.78 is 1.35. The van der Waals surface area contributed by atoms with Crippen molar-refractivity contribution < 1.29 is 9.72 Å². The lowest BCUT2D eigenvalue weighted by Crippen LogP contribution is -2.17. The number of nitriles is 1. The number of nitrogens with zero attached hydrogens (tertiary/aromatic N) is 5. The lowest BCUT2D eigenvalue weighted by molar-refractivity contribution is -0.384. The third-order valence-corrected chi connectivity index (χ3v) is 5.31. The van der Waals surface area contributed by atoms with Gasteiger partial charge in [0.15, 0.2) is 11.6 Å². The van der Waals surface area contributed by atoms with Crippen LogP contribution in [0.1, 0.15) is 27.0 Å². The van der Waals surface area contributed by atoms with E-state index in [0.717, 1.165) is 28.1 Å². The van der Waals surface area contributed by atoms with Gasteiger partial charge in [0, 0.05) is 17.5 Å². The molecule has 0 atom stereocenters. The number of non-ortho nitro benzene ring substituents is 1. The fourth-order valence-electron chi connectivity index (χ4n) is 3.35. The Hall–Kier alpha value is -4.29. The number of hydrogen-bond donors (Lipinski definition) is 1. The second-order valence-corrected chi connectivity index (χ2v) is 7.48. The lowest BCUT2D eigenvalue weighted by atomic mass is 10.1. The van der Waals surface area contributed by atoms with Crippen LogP contribution < -0.4 is 5.32 Å². The monoisotopic (exact) mass is 446 g/mol. The summed E-state index contributed by atoms with van der Waals surface area (Å²) in [6, 6.07) is 13.2. The number of rotatable bonds is 4. The highest BCUT2D eigenvalue weighted by Crippen LogP contribution is 2.27. The van der Waals surface area contributed by atoms with Crippen molar-refractivity contribution in [2.24, 2.45) is 0 Å². The Morgan fingerprint density at radius 1 is 1.22 bits per heavy atom. The Bertz CT molecular complexity index is 1450. The molecule has 1 N–H and O–H groups in total. The number of carbonyl (C=O) groups is 1. The number of aryl methyl sites for hydroxylation is 2. The fourth-order valence-corrected chi connectivity index (χ4v) is 3.56. The molecule has 0 aliphatic rings. The van der Waals surface area contributed by atoms with Crippen LogP contribution in [0, 0.1) is 35.3 Å². The Balaban J connectivity index is 1.81. The molecule has 2 heterocycles. The number of nitro benzene ring substituents is 1. The Morgan fingerprint density at radius 3 is 2.72 bits per heavy atom. The molecule has 4 aromatic rings.